The highest BCUT2D eigenvalue weighted by molar-refractivity contribution is 5.96. The van der Waals surface area contributed by atoms with E-state index in [1.54, 1.807) is 6.92 Å². The van der Waals surface area contributed by atoms with Crippen LogP contribution in [0, 0.1) is 0 Å². The Morgan fingerprint density at radius 1 is 1.22 bits per heavy atom. The first-order valence-corrected chi connectivity index (χ1v) is 5.93. The molecule has 1 rings (SSSR count). The molecule has 1 aromatic carbocycles. The fourth-order valence-corrected chi connectivity index (χ4v) is 1.45. The van der Waals surface area contributed by atoms with Crippen LogP contribution in [0.2, 0.25) is 0 Å². The Morgan fingerprint density at radius 2 is 1.89 bits per heavy atom. The second-order valence-electron chi connectivity index (χ2n) is 3.98. The maximum Gasteiger partial charge on any atom is 0.321 e. The molecule has 5 nitrogen and oxygen atoms in total. The molecule has 0 aliphatic heterocycles. The molecule has 98 valence electrons. The molecule has 0 aliphatic rings. The Balaban J connectivity index is 2.26. The number of rotatable bonds is 5. The predicted molar refractivity (Wildman–Crippen MR) is 70.2 cm³/mol. The fourth-order valence-electron chi connectivity index (χ4n) is 1.45. The molecule has 0 spiro atoms. The standard InChI is InChI=1S/C13H19N3O2/c1-10(12(17)16-13(18)14-2)15-9-8-11-6-4-3-5-7-11/h3-7,10,15H,8-9H2,1-2H3,(H2,14,16,17,18). The minimum absolute atomic E-state index is 0.331. The number of urea groups is 1. The van der Waals surface area contributed by atoms with Crippen molar-refractivity contribution in [1.29, 1.82) is 0 Å². The average Bonchev–Trinajstić information content (AvgIpc) is 2.39. The summed E-state index contributed by atoms with van der Waals surface area (Å²) in [6.07, 6.45) is 0.846. The van der Waals surface area contributed by atoms with Gasteiger partial charge >= 0.3 is 6.03 Å². The number of hydrogen-bond acceptors (Lipinski definition) is 3. The zero-order valence-corrected chi connectivity index (χ0v) is 10.7. The van der Waals surface area contributed by atoms with Gasteiger partial charge in [0.2, 0.25) is 5.91 Å². The zero-order valence-electron chi connectivity index (χ0n) is 10.7. The van der Waals surface area contributed by atoms with Crippen LogP contribution in [0.25, 0.3) is 0 Å². The van der Waals surface area contributed by atoms with E-state index in [0.717, 1.165) is 6.42 Å². The van der Waals surface area contributed by atoms with Gasteiger partial charge in [-0.05, 0) is 25.5 Å². The Morgan fingerprint density at radius 3 is 2.50 bits per heavy atom. The van der Waals surface area contributed by atoms with Crippen molar-refractivity contribution >= 4 is 11.9 Å². The van der Waals surface area contributed by atoms with Gasteiger partial charge in [0.15, 0.2) is 0 Å². The van der Waals surface area contributed by atoms with Crippen molar-refractivity contribution in [2.45, 2.75) is 19.4 Å². The molecule has 0 saturated carbocycles. The summed E-state index contributed by atoms with van der Waals surface area (Å²) in [7, 11) is 1.47. The van der Waals surface area contributed by atoms with Crippen LogP contribution in [0.3, 0.4) is 0 Å². The summed E-state index contributed by atoms with van der Waals surface area (Å²) in [6, 6.07) is 9.13. The topological polar surface area (TPSA) is 70.2 Å². The molecule has 3 amide bonds. The van der Waals surface area contributed by atoms with Gasteiger partial charge in [-0.25, -0.2) is 4.79 Å². The molecule has 0 fully saturated rings. The van der Waals surface area contributed by atoms with Gasteiger partial charge < -0.3 is 10.6 Å². The number of benzene rings is 1. The number of carbonyl (C=O) groups excluding carboxylic acids is 2. The Kier molecular flexibility index (Phi) is 5.87. The smallest absolute Gasteiger partial charge is 0.321 e. The van der Waals surface area contributed by atoms with Gasteiger partial charge in [-0.2, -0.15) is 0 Å². The van der Waals surface area contributed by atoms with E-state index in [2.05, 4.69) is 16.0 Å². The lowest BCUT2D eigenvalue weighted by Crippen LogP contribution is -2.47. The minimum Gasteiger partial charge on any atom is -0.341 e. The third kappa shape index (κ3) is 4.97. The number of imide groups is 1. The van der Waals surface area contributed by atoms with Crippen molar-refractivity contribution < 1.29 is 9.59 Å². The highest BCUT2D eigenvalue weighted by Gasteiger charge is 2.13. The summed E-state index contributed by atoms with van der Waals surface area (Å²) < 4.78 is 0. The second kappa shape index (κ2) is 7.45. The summed E-state index contributed by atoms with van der Waals surface area (Å²) in [4.78, 5) is 22.5. The van der Waals surface area contributed by atoms with Gasteiger partial charge in [-0.1, -0.05) is 30.3 Å². The molecular weight excluding hydrogens is 230 g/mol. The molecular formula is C13H19N3O2. The molecule has 1 unspecified atom stereocenters. The lowest BCUT2D eigenvalue weighted by atomic mass is 10.1. The maximum absolute atomic E-state index is 11.5. The van der Waals surface area contributed by atoms with E-state index >= 15 is 0 Å². The zero-order chi connectivity index (χ0) is 13.4. The summed E-state index contributed by atoms with van der Waals surface area (Å²) in [5.41, 5.74) is 1.21. The number of nitrogens with one attached hydrogen (secondary N) is 3. The van der Waals surface area contributed by atoms with E-state index in [9.17, 15) is 9.59 Å². The average molecular weight is 249 g/mol. The first kappa shape index (κ1) is 14.2. The molecule has 0 aliphatic carbocycles. The van der Waals surface area contributed by atoms with Gasteiger partial charge in [0.25, 0.3) is 0 Å². The monoisotopic (exact) mass is 249 g/mol. The number of hydrogen-bond donors (Lipinski definition) is 3. The second-order valence-corrected chi connectivity index (χ2v) is 3.98. The molecule has 1 aromatic rings. The molecule has 0 aromatic heterocycles. The van der Waals surface area contributed by atoms with E-state index in [1.807, 2.05) is 30.3 Å². The largest absolute Gasteiger partial charge is 0.341 e. The van der Waals surface area contributed by atoms with Crippen molar-refractivity contribution in [3.8, 4) is 0 Å². The van der Waals surface area contributed by atoms with E-state index < -0.39 is 12.1 Å². The van der Waals surface area contributed by atoms with Crippen LogP contribution < -0.4 is 16.0 Å². The van der Waals surface area contributed by atoms with Crippen LogP contribution in [-0.4, -0.2) is 31.6 Å². The van der Waals surface area contributed by atoms with Gasteiger partial charge in [0, 0.05) is 7.05 Å². The quantitative estimate of drug-likeness (QED) is 0.718. The van der Waals surface area contributed by atoms with Crippen LogP contribution in [0.15, 0.2) is 30.3 Å². The van der Waals surface area contributed by atoms with E-state index in [1.165, 1.54) is 12.6 Å². The lowest BCUT2D eigenvalue weighted by molar-refractivity contribution is -0.121. The molecule has 18 heavy (non-hydrogen) atoms. The van der Waals surface area contributed by atoms with Crippen molar-refractivity contribution in [2.75, 3.05) is 13.6 Å². The third-order valence-electron chi connectivity index (χ3n) is 2.56. The molecule has 3 N–H and O–H groups in total. The molecule has 0 bridgehead atoms. The van der Waals surface area contributed by atoms with Crippen LogP contribution in [0.4, 0.5) is 4.79 Å². The fraction of sp³-hybridized carbons (Fsp3) is 0.385. The van der Waals surface area contributed by atoms with Crippen molar-refractivity contribution in [3.05, 3.63) is 35.9 Å². The van der Waals surface area contributed by atoms with Gasteiger partial charge in [0.1, 0.15) is 0 Å². The number of amides is 3. The highest BCUT2D eigenvalue weighted by Crippen LogP contribution is 1.98. The summed E-state index contributed by atoms with van der Waals surface area (Å²) >= 11 is 0. The van der Waals surface area contributed by atoms with Gasteiger partial charge in [0.05, 0.1) is 6.04 Å². The van der Waals surface area contributed by atoms with Crippen LogP contribution >= 0.6 is 0 Å². The molecule has 0 saturated heterocycles. The Bertz CT molecular complexity index is 392. The minimum atomic E-state index is -0.489. The lowest BCUT2D eigenvalue weighted by Gasteiger charge is -2.13. The van der Waals surface area contributed by atoms with Gasteiger partial charge in [-0.3, -0.25) is 10.1 Å². The van der Waals surface area contributed by atoms with E-state index in [-0.39, 0.29) is 5.91 Å². The first-order valence-electron chi connectivity index (χ1n) is 5.93. The normalized spacial score (nSPS) is 11.7. The molecule has 0 radical (unpaired) electrons. The van der Waals surface area contributed by atoms with Crippen molar-refractivity contribution in [3.63, 3.8) is 0 Å². The Labute approximate surface area is 107 Å². The van der Waals surface area contributed by atoms with Crippen LogP contribution in [0.1, 0.15) is 12.5 Å². The molecule has 5 heteroatoms. The summed E-state index contributed by atoms with van der Waals surface area (Å²) in [5, 5.41) is 7.63. The maximum atomic E-state index is 11.5. The summed E-state index contributed by atoms with van der Waals surface area (Å²) in [6.45, 7) is 2.41. The van der Waals surface area contributed by atoms with Crippen LogP contribution in [-0.2, 0) is 11.2 Å². The number of carbonyl (C=O) groups is 2. The first-order chi connectivity index (χ1) is 8.63. The van der Waals surface area contributed by atoms with E-state index in [0.29, 0.717) is 6.54 Å². The van der Waals surface area contributed by atoms with Crippen molar-refractivity contribution in [2.24, 2.45) is 0 Å². The summed E-state index contributed by atoms with van der Waals surface area (Å²) in [5.74, 6) is -0.331. The molecule has 0 heterocycles. The third-order valence-corrected chi connectivity index (χ3v) is 2.56. The van der Waals surface area contributed by atoms with Crippen LogP contribution in [0.5, 0.6) is 0 Å². The van der Waals surface area contributed by atoms with E-state index in [4.69, 9.17) is 0 Å². The SMILES string of the molecule is CNC(=O)NC(=O)C(C)NCCc1ccccc1. The Hall–Kier alpha value is -1.88. The van der Waals surface area contributed by atoms with Gasteiger partial charge in [-0.15, -0.1) is 0 Å². The highest BCUT2D eigenvalue weighted by atomic mass is 16.2. The predicted octanol–water partition coefficient (Wildman–Crippen LogP) is 0.663. The van der Waals surface area contributed by atoms with Crippen molar-refractivity contribution in [1.82, 2.24) is 16.0 Å². The molecule has 1 atom stereocenters.